The first-order chi connectivity index (χ1) is 14.6. The van der Waals surface area contributed by atoms with Gasteiger partial charge in [-0.1, -0.05) is 60.7 Å². The molecule has 4 heteroatoms. The second-order valence-electron chi connectivity index (χ2n) is 7.75. The first-order valence-electron chi connectivity index (χ1n) is 10.5. The molecule has 1 amide bonds. The van der Waals surface area contributed by atoms with Crippen LogP contribution in [0.25, 0.3) is 0 Å². The fraction of sp³-hybridized carbons (Fsp3) is 0.269. The molecule has 1 unspecified atom stereocenters. The normalized spacial score (nSPS) is 15.1. The van der Waals surface area contributed by atoms with Crippen LogP contribution in [-0.2, 0) is 4.79 Å². The van der Waals surface area contributed by atoms with E-state index in [0.29, 0.717) is 0 Å². The molecule has 1 atom stereocenters. The quantitative estimate of drug-likeness (QED) is 0.514. The summed E-state index contributed by atoms with van der Waals surface area (Å²) in [5, 5.41) is -0.221. The summed E-state index contributed by atoms with van der Waals surface area (Å²) >= 11 is 1.64. The predicted octanol–water partition coefficient (Wildman–Crippen LogP) is 5.49. The Morgan fingerprint density at radius 2 is 1.43 bits per heavy atom. The van der Waals surface area contributed by atoms with Crippen molar-refractivity contribution in [2.75, 3.05) is 31.1 Å². The van der Waals surface area contributed by atoms with Crippen molar-refractivity contribution >= 4 is 23.4 Å². The van der Waals surface area contributed by atoms with E-state index < -0.39 is 0 Å². The second-order valence-corrected chi connectivity index (χ2v) is 8.93. The molecule has 1 aliphatic heterocycles. The van der Waals surface area contributed by atoms with Gasteiger partial charge in [0.2, 0.25) is 5.91 Å². The average molecular weight is 417 g/mol. The van der Waals surface area contributed by atoms with Gasteiger partial charge in [0.1, 0.15) is 5.25 Å². The molecular weight excluding hydrogens is 388 g/mol. The zero-order valence-electron chi connectivity index (χ0n) is 17.6. The number of nitrogens with zero attached hydrogens (tertiary/aromatic N) is 2. The molecule has 154 valence electrons. The minimum Gasteiger partial charge on any atom is -0.368 e. The molecule has 4 rings (SSSR count). The highest BCUT2D eigenvalue weighted by atomic mass is 32.2. The molecule has 0 bridgehead atoms. The lowest BCUT2D eigenvalue weighted by Gasteiger charge is -2.38. The average Bonchev–Trinajstić information content (AvgIpc) is 2.80. The van der Waals surface area contributed by atoms with Crippen LogP contribution < -0.4 is 4.90 Å². The minimum absolute atomic E-state index is 0.204. The summed E-state index contributed by atoms with van der Waals surface area (Å²) in [6, 6.07) is 26.8. The van der Waals surface area contributed by atoms with Gasteiger partial charge in [0.05, 0.1) is 0 Å². The van der Waals surface area contributed by atoms with E-state index in [1.165, 1.54) is 16.8 Å². The Morgan fingerprint density at radius 1 is 0.800 bits per heavy atom. The van der Waals surface area contributed by atoms with E-state index in [2.05, 4.69) is 61.2 Å². The van der Waals surface area contributed by atoms with Crippen molar-refractivity contribution in [1.82, 2.24) is 4.90 Å². The molecule has 1 aliphatic rings. The fourth-order valence-electron chi connectivity index (χ4n) is 3.94. The van der Waals surface area contributed by atoms with E-state index in [1.807, 2.05) is 41.3 Å². The molecule has 3 nitrogen and oxygen atoms in total. The molecular formula is C26H28N2OS. The summed E-state index contributed by atoms with van der Waals surface area (Å²) in [6.45, 7) is 7.59. The Bertz CT molecular complexity index is 982. The predicted molar refractivity (Wildman–Crippen MR) is 126 cm³/mol. The maximum Gasteiger partial charge on any atom is 0.240 e. The van der Waals surface area contributed by atoms with Gasteiger partial charge in [-0.15, -0.1) is 11.8 Å². The van der Waals surface area contributed by atoms with Crippen LogP contribution >= 0.6 is 11.8 Å². The van der Waals surface area contributed by atoms with Crippen molar-refractivity contribution in [3.8, 4) is 0 Å². The number of piperazine rings is 1. The lowest BCUT2D eigenvalue weighted by molar-refractivity contribution is -0.131. The van der Waals surface area contributed by atoms with Gasteiger partial charge < -0.3 is 9.80 Å². The molecule has 0 saturated carbocycles. The summed E-state index contributed by atoms with van der Waals surface area (Å²) in [7, 11) is 0. The number of carbonyl (C=O) groups excluding carboxylic acids is 1. The highest BCUT2D eigenvalue weighted by Gasteiger charge is 2.29. The van der Waals surface area contributed by atoms with E-state index in [0.717, 1.165) is 36.6 Å². The number of carbonyl (C=O) groups is 1. The number of hydrogen-bond acceptors (Lipinski definition) is 3. The van der Waals surface area contributed by atoms with E-state index >= 15 is 0 Å². The Balaban J connectivity index is 1.49. The Labute approximate surface area is 183 Å². The summed E-state index contributed by atoms with van der Waals surface area (Å²) in [5.41, 5.74) is 5.00. The number of benzene rings is 3. The van der Waals surface area contributed by atoms with Crippen molar-refractivity contribution in [3.05, 3.63) is 95.6 Å². The summed E-state index contributed by atoms with van der Waals surface area (Å²) in [6.07, 6.45) is 0. The number of rotatable bonds is 5. The van der Waals surface area contributed by atoms with Crippen LogP contribution in [0.3, 0.4) is 0 Å². The number of amides is 1. The smallest absolute Gasteiger partial charge is 0.240 e. The number of anilines is 1. The van der Waals surface area contributed by atoms with Crippen LogP contribution in [0.2, 0.25) is 0 Å². The third-order valence-electron chi connectivity index (χ3n) is 5.83. The topological polar surface area (TPSA) is 23.6 Å². The zero-order chi connectivity index (χ0) is 20.9. The maximum absolute atomic E-state index is 13.6. The van der Waals surface area contributed by atoms with Gasteiger partial charge in [-0.3, -0.25) is 4.79 Å². The Morgan fingerprint density at radius 3 is 2.10 bits per heavy atom. The molecule has 1 heterocycles. The molecule has 30 heavy (non-hydrogen) atoms. The molecule has 1 fully saturated rings. The summed E-state index contributed by atoms with van der Waals surface area (Å²) in [4.78, 5) is 19.1. The third kappa shape index (κ3) is 4.54. The first-order valence-corrected chi connectivity index (χ1v) is 11.4. The Hall–Kier alpha value is -2.72. The van der Waals surface area contributed by atoms with Crippen molar-refractivity contribution in [2.24, 2.45) is 0 Å². The summed E-state index contributed by atoms with van der Waals surface area (Å²) < 4.78 is 0. The van der Waals surface area contributed by atoms with Crippen LogP contribution in [0, 0.1) is 13.8 Å². The van der Waals surface area contributed by atoms with Crippen LogP contribution in [-0.4, -0.2) is 37.0 Å². The van der Waals surface area contributed by atoms with E-state index in [9.17, 15) is 4.79 Å². The molecule has 3 aromatic carbocycles. The molecule has 0 spiro atoms. The van der Waals surface area contributed by atoms with E-state index in [-0.39, 0.29) is 11.2 Å². The lowest BCUT2D eigenvalue weighted by atomic mass is 10.1. The van der Waals surface area contributed by atoms with Crippen LogP contribution in [0.1, 0.15) is 21.9 Å². The largest absolute Gasteiger partial charge is 0.368 e. The standard InChI is InChI=1S/C26H28N2OS/c1-20-10-9-15-24(21(20)2)27-16-18-28(19-17-27)26(29)25(22-11-5-3-6-12-22)30-23-13-7-4-8-14-23/h3-15,25H,16-19H2,1-2H3. The SMILES string of the molecule is Cc1cccc(N2CCN(C(=O)C(Sc3ccccc3)c3ccccc3)CC2)c1C. The number of thioether (sulfide) groups is 1. The maximum atomic E-state index is 13.6. The molecule has 3 aromatic rings. The van der Waals surface area contributed by atoms with E-state index in [1.54, 1.807) is 11.8 Å². The third-order valence-corrected chi connectivity index (χ3v) is 7.09. The molecule has 0 N–H and O–H groups in total. The number of hydrogen-bond donors (Lipinski definition) is 0. The Kier molecular flexibility index (Phi) is 6.44. The van der Waals surface area contributed by atoms with Gasteiger partial charge in [-0.05, 0) is 48.7 Å². The highest BCUT2D eigenvalue weighted by Crippen LogP contribution is 2.37. The molecule has 0 aromatic heterocycles. The first kappa shape index (κ1) is 20.5. The number of aryl methyl sites for hydroxylation is 1. The van der Waals surface area contributed by atoms with Gasteiger partial charge in [0.15, 0.2) is 0 Å². The van der Waals surface area contributed by atoms with Gasteiger partial charge in [-0.2, -0.15) is 0 Å². The zero-order valence-corrected chi connectivity index (χ0v) is 18.4. The highest BCUT2D eigenvalue weighted by molar-refractivity contribution is 8.00. The van der Waals surface area contributed by atoms with E-state index in [4.69, 9.17) is 0 Å². The van der Waals surface area contributed by atoms with Gasteiger partial charge in [0.25, 0.3) is 0 Å². The van der Waals surface area contributed by atoms with Crippen LogP contribution in [0.15, 0.2) is 83.8 Å². The van der Waals surface area contributed by atoms with Crippen molar-refractivity contribution in [1.29, 1.82) is 0 Å². The van der Waals surface area contributed by atoms with Crippen LogP contribution in [0.5, 0.6) is 0 Å². The fourth-order valence-corrected chi connectivity index (χ4v) is 5.07. The van der Waals surface area contributed by atoms with Crippen molar-refractivity contribution in [2.45, 2.75) is 24.0 Å². The van der Waals surface area contributed by atoms with Gasteiger partial charge >= 0.3 is 0 Å². The summed E-state index contributed by atoms with van der Waals surface area (Å²) in [5.74, 6) is 0.204. The molecule has 0 aliphatic carbocycles. The minimum atomic E-state index is -0.221. The van der Waals surface area contributed by atoms with Crippen molar-refractivity contribution in [3.63, 3.8) is 0 Å². The molecule has 0 radical (unpaired) electrons. The van der Waals surface area contributed by atoms with Gasteiger partial charge in [-0.25, -0.2) is 0 Å². The van der Waals surface area contributed by atoms with Crippen molar-refractivity contribution < 1.29 is 4.79 Å². The molecule has 1 saturated heterocycles. The lowest BCUT2D eigenvalue weighted by Crippen LogP contribution is -2.50. The van der Waals surface area contributed by atoms with Gasteiger partial charge in [0, 0.05) is 36.8 Å². The monoisotopic (exact) mass is 416 g/mol. The second kappa shape index (κ2) is 9.40. The van der Waals surface area contributed by atoms with Crippen LogP contribution in [0.4, 0.5) is 5.69 Å².